The fraction of sp³-hybridized carbons (Fsp3) is 0.500. The van der Waals surface area contributed by atoms with Gasteiger partial charge < -0.3 is 24.8 Å². The van der Waals surface area contributed by atoms with E-state index in [0.717, 1.165) is 0 Å². The molecule has 0 saturated heterocycles. The first kappa shape index (κ1) is 19.4. The van der Waals surface area contributed by atoms with Gasteiger partial charge in [0.05, 0.1) is 0 Å². The molecule has 2 rings (SSSR count). The molecular weight excluding hydrogens is 442 g/mol. The van der Waals surface area contributed by atoms with Crippen molar-refractivity contribution < 1.29 is 47.7 Å². The molecule has 0 aliphatic heterocycles. The normalized spacial score (nSPS) is 17.2. The van der Waals surface area contributed by atoms with Gasteiger partial charge in [0.1, 0.15) is 0 Å². The first-order chi connectivity index (χ1) is 8.06. The van der Waals surface area contributed by atoms with Gasteiger partial charge in [-0.1, -0.05) is 0 Å². The van der Waals surface area contributed by atoms with E-state index in [1.807, 2.05) is 0 Å². The molecule has 0 aromatic carbocycles. The number of hydrogen-bond acceptors (Lipinski definition) is 0. The molecule has 0 radical (unpaired) electrons. The average molecular weight is 464 g/mol. The van der Waals surface area contributed by atoms with Gasteiger partial charge in [0, 0.05) is 0 Å². The van der Waals surface area contributed by atoms with Gasteiger partial charge in [0.2, 0.25) is 0 Å². The maximum atomic E-state index is 2.50. The Morgan fingerprint density at radius 1 is 0.789 bits per heavy atom. The Balaban J connectivity index is 0.00000162. The summed E-state index contributed by atoms with van der Waals surface area (Å²) in [7, 11) is 0. The second-order valence-corrected chi connectivity index (χ2v) is 11.1. The maximum absolute atomic E-state index is 2.50. The molecule has 104 valence electrons. The van der Waals surface area contributed by atoms with Crippen molar-refractivity contribution in [3.8, 4) is 0 Å². The molecule has 0 nitrogen and oxygen atoms in total. The van der Waals surface area contributed by atoms with Crippen molar-refractivity contribution in [1.29, 1.82) is 0 Å². The molecule has 0 amide bonds. The zero-order valence-corrected chi connectivity index (χ0v) is 17.2. The summed E-state index contributed by atoms with van der Waals surface area (Å²) in [5, 5.41) is 0. The van der Waals surface area contributed by atoms with Crippen molar-refractivity contribution in [2.75, 3.05) is 0 Å². The Bertz CT molecular complexity index is 386. The first-order valence-electron chi connectivity index (χ1n) is 6.64. The van der Waals surface area contributed by atoms with Crippen LogP contribution in [0.4, 0.5) is 0 Å². The first-order valence-corrected chi connectivity index (χ1v) is 10.2. The smallest absolute Gasteiger partial charge is 1.00 e. The van der Waals surface area contributed by atoms with E-state index in [1.165, 1.54) is 12.8 Å². The fourth-order valence-corrected chi connectivity index (χ4v) is 6.94. The van der Waals surface area contributed by atoms with E-state index in [4.69, 9.17) is 0 Å². The predicted molar refractivity (Wildman–Crippen MR) is 71.2 cm³/mol. The van der Waals surface area contributed by atoms with Crippen LogP contribution in [0.2, 0.25) is 0 Å². The molecule has 2 aliphatic rings. The van der Waals surface area contributed by atoms with E-state index in [-0.39, 0.29) is 24.8 Å². The fourth-order valence-electron chi connectivity index (χ4n) is 2.28. The van der Waals surface area contributed by atoms with E-state index in [0.29, 0.717) is 11.8 Å². The molecular formula is C16H22Cl2Hf. The monoisotopic (exact) mass is 464 g/mol. The quantitative estimate of drug-likeness (QED) is 0.461. The van der Waals surface area contributed by atoms with Crippen LogP contribution in [-0.4, -0.2) is 0 Å². The van der Waals surface area contributed by atoms with E-state index in [1.54, 1.807) is 17.8 Å². The van der Waals surface area contributed by atoms with Crippen LogP contribution in [0.5, 0.6) is 0 Å². The molecule has 0 atom stereocenters. The number of rotatable bonds is 4. The molecule has 0 unspecified atom stereocenters. The number of halogens is 2. The minimum Gasteiger partial charge on any atom is -1.00 e. The third-order valence-electron chi connectivity index (χ3n) is 3.45. The van der Waals surface area contributed by atoms with Crippen molar-refractivity contribution in [3.63, 3.8) is 0 Å². The van der Waals surface area contributed by atoms with Crippen molar-refractivity contribution in [1.82, 2.24) is 0 Å². The van der Waals surface area contributed by atoms with Gasteiger partial charge in [-0.3, -0.25) is 0 Å². The Kier molecular flexibility index (Phi) is 8.83. The van der Waals surface area contributed by atoms with Gasteiger partial charge in [-0.15, -0.1) is 0 Å². The zero-order chi connectivity index (χ0) is 12.4. The van der Waals surface area contributed by atoms with Crippen LogP contribution in [0.3, 0.4) is 0 Å². The van der Waals surface area contributed by atoms with Crippen LogP contribution in [0.1, 0.15) is 40.5 Å². The molecule has 0 aromatic rings. The molecule has 0 N–H and O–H groups in total. The van der Waals surface area contributed by atoms with Crippen LogP contribution < -0.4 is 24.8 Å². The van der Waals surface area contributed by atoms with Gasteiger partial charge in [-0.25, -0.2) is 0 Å². The topological polar surface area (TPSA) is 0 Å². The van der Waals surface area contributed by atoms with Crippen LogP contribution in [0.15, 0.2) is 42.1 Å². The molecule has 0 bridgehead atoms. The average Bonchev–Trinajstić information content (AvgIpc) is 2.87. The second kappa shape index (κ2) is 8.64. The summed E-state index contributed by atoms with van der Waals surface area (Å²) >= 11 is -0.675. The zero-order valence-electron chi connectivity index (χ0n) is 12.1. The summed E-state index contributed by atoms with van der Waals surface area (Å²) < 4.78 is 3.58. The van der Waals surface area contributed by atoms with E-state index < -0.39 is 22.9 Å². The van der Waals surface area contributed by atoms with Crippen molar-refractivity contribution >= 4 is 0 Å². The summed E-state index contributed by atoms with van der Waals surface area (Å²) in [6, 6.07) is 0. The SMILES string of the molecule is CC(C)C1=CC[C]([Hf+2][C]2=CC(C(C)C)=CC2)=C1.[Cl-].[Cl-]. The largest absolute Gasteiger partial charge is 1.00 e. The molecule has 0 fully saturated rings. The summed E-state index contributed by atoms with van der Waals surface area (Å²) in [5.74, 6) is 1.41. The standard InChI is InChI=1S/2C8H11.2ClH.Hf/c2*1-7(2)8-5-3-4-6-8;;;/h2*5-7H,3H2,1-2H3;2*1H;/q;;;;+2/p-2. The third-order valence-corrected chi connectivity index (χ3v) is 8.26. The van der Waals surface area contributed by atoms with Gasteiger partial charge in [0.25, 0.3) is 0 Å². The predicted octanol–water partition coefficient (Wildman–Crippen LogP) is -1.18. The van der Waals surface area contributed by atoms with Crippen molar-refractivity contribution in [2.24, 2.45) is 11.8 Å². The molecule has 0 saturated carbocycles. The van der Waals surface area contributed by atoms with Crippen molar-refractivity contribution in [3.05, 3.63) is 42.1 Å². The minimum atomic E-state index is -0.675. The molecule has 3 heteroatoms. The Morgan fingerprint density at radius 2 is 1.16 bits per heavy atom. The van der Waals surface area contributed by atoms with Crippen LogP contribution >= 0.6 is 0 Å². The summed E-state index contributed by atoms with van der Waals surface area (Å²) in [6.45, 7) is 9.19. The number of allylic oxidation sites excluding steroid dienone is 8. The molecule has 0 aromatic heterocycles. The Morgan fingerprint density at radius 3 is 1.42 bits per heavy atom. The Hall–Kier alpha value is 0.410. The summed E-state index contributed by atoms with van der Waals surface area (Å²) in [4.78, 5) is 0. The summed E-state index contributed by atoms with van der Waals surface area (Å²) in [6.07, 6.45) is 12.4. The van der Waals surface area contributed by atoms with E-state index in [2.05, 4.69) is 52.0 Å². The molecule has 2 aliphatic carbocycles. The third kappa shape index (κ3) is 5.36. The van der Waals surface area contributed by atoms with Gasteiger partial charge in [0.15, 0.2) is 0 Å². The van der Waals surface area contributed by atoms with Gasteiger partial charge in [-0.05, 0) is 0 Å². The maximum Gasteiger partial charge on any atom is -1.00 e. The van der Waals surface area contributed by atoms with E-state index >= 15 is 0 Å². The second-order valence-electron chi connectivity index (χ2n) is 5.59. The van der Waals surface area contributed by atoms with Gasteiger partial charge in [-0.2, -0.15) is 0 Å². The Labute approximate surface area is 141 Å². The molecule has 19 heavy (non-hydrogen) atoms. The summed E-state index contributed by atoms with van der Waals surface area (Å²) in [5.41, 5.74) is 3.14. The molecule has 0 heterocycles. The van der Waals surface area contributed by atoms with Gasteiger partial charge >= 0.3 is 117 Å². The van der Waals surface area contributed by atoms with E-state index in [9.17, 15) is 0 Å². The molecule has 0 spiro atoms. The van der Waals surface area contributed by atoms with Crippen molar-refractivity contribution in [2.45, 2.75) is 40.5 Å². The van der Waals surface area contributed by atoms with Crippen LogP contribution in [0, 0.1) is 11.8 Å². The number of hydrogen-bond donors (Lipinski definition) is 0. The van der Waals surface area contributed by atoms with Crippen LogP contribution in [-0.2, 0) is 22.9 Å². The minimum absolute atomic E-state index is 0. The van der Waals surface area contributed by atoms with Crippen LogP contribution in [0.25, 0.3) is 0 Å².